The average molecular weight is 503 g/mol. The lowest BCUT2D eigenvalue weighted by Crippen LogP contribution is -2.30. The van der Waals surface area contributed by atoms with Crippen molar-refractivity contribution < 1.29 is 18.7 Å². The minimum Gasteiger partial charge on any atom is -0.494 e. The molecule has 37 heavy (non-hydrogen) atoms. The van der Waals surface area contributed by atoms with Crippen molar-refractivity contribution in [1.82, 2.24) is 25.1 Å². The number of ether oxygens (including phenoxy) is 2. The van der Waals surface area contributed by atoms with E-state index in [1.165, 1.54) is 13.2 Å². The van der Waals surface area contributed by atoms with E-state index in [9.17, 15) is 9.18 Å². The standard InChI is InChI=1S/C27H27FN6O3/c1-34-13-19(12-30-34)25(15-5-6-24(36-2)21(28)8-15)33-26(35)16-3-4-17-11-29-27(31-22(17)9-16)32-23-10-20-7-18(23)14-37-20/h3-6,8-9,11-13,18,20,23,25H,7,10,14H2,1-2H3,(H,33,35)(H,29,31,32). The van der Waals surface area contributed by atoms with Gasteiger partial charge < -0.3 is 20.1 Å². The zero-order valence-corrected chi connectivity index (χ0v) is 20.5. The Kier molecular flexibility index (Phi) is 5.96. The van der Waals surface area contributed by atoms with Crippen LogP contribution in [-0.2, 0) is 11.8 Å². The number of hydrogen-bond acceptors (Lipinski definition) is 7. The molecule has 4 unspecified atom stereocenters. The molecule has 2 fully saturated rings. The van der Waals surface area contributed by atoms with Crippen molar-refractivity contribution in [2.75, 3.05) is 19.0 Å². The molecule has 10 heteroatoms. The molecule has 4 aromatic rings. The first-order valence-electron chi connectivity index (χ1n) is 12.2. The summed E-state index contributed by atoms with van der Waals surface area (Å²) >= 11 is 0. The molecule has 9 nitrogen and oxygen atoms in total. The van der Waals surface area contributed by atoms with Gasteiger partial charge in [-0.05, 0) is 42.7 Å². The maximum atomic E-state index is 14.5. The van der Waals surface area contributed by atoms with Crippen molar-refractivity contribution >= 4 is 22.8 Å². The van der Waals surface area contributed by atoms with Crippen LogP contribution in [0.15, 0.2) is 55.0 Å². The molecule has 2 N–H and O–H groups in total. The number of nitrogens with zero attached hydrogens (tertiary/aromatic N) is 4. The van der Waals surface area contributed by atoms with Gasteiger partial charge >= 0.3 is 0 Å². The third kappa shape index (κ3) is 4.60. The molecule has 6 rings (SSSR count). The fourth-order valence-electron chi connectivity index (χ4n) is 5.26. The Morgan fingerprint density at radius 2 is 2.08 bits per heavy atom. The zero-order chi connectivity index (χ0) is 25.5. The molecule has 1 amide bonds. The van der Waals surface area contributed by atoms with E-state index in [2.05, 4.69) is 25.7 Å². The summed E-state index contributed by atoms with van der Waals surface area (Å²) in [4.78, 5) is 22.5. The quantitative estimate of drug-likeness (QED) is 0.398. The van der Waals surface area contributed by atoms with Gasteiger partial charge in [-0.25, -0.2) is 14.4 Å². The van der Waals surface area contributed by atoms with Crippen LogP contribution in [0.4, 0.5) is 10.3 Å². The highest BCUT2D eigenvalue weighted by atomic mass is 19.1. The zero-order valence-electron chi connectivity index (χ0n) is 20.5. The number of hydrogen-bond donors (Lipinski definition) is 2. The first kappa shape index (κ1) is 23.4. The Hall–Kier alpha value is -4.05. The molecule has 0 radical (unpaired) electrons. The maximum Gasteiger partial charge on any atom is 0.252 e. The summed E-state index contributed by atoms with van der Waals surface area (Å²) in [6, 6.07) is 9.63. The highest BCUT2D eigenvalue weighted by Crippen LogP contribution is 2.36. The van der Waals surface area contributed by atoms with Crippen molar-refractivity contribution in [1.29, 1.82) is 0 Å². The van der Waals surface area contributed by atoms with Gasteiger partial charge in [0.05, 0.1) is 37.6 Å². The molecule has 4 atom stereocenters. The Morgan fingerprint density at radius 1 is 1.19 bits per heavy atom. The van der Waals surface area contributed by atoms with Crippen molar-refractivity contribution in [3.63, 3.8) is 0 Å². The molecular formula is C27H27FN6O3. The van der Waals surface area contributed by atoms with Gasteiger partial charge in [0.15, 0.2) is 11.6 Å². The van der Waals surface area contributed by atoms with Crippen LogP contribution in [0.3, 0.4) is 0 Å². The first-order chi connectivity index (χ1) is 18.0. The van der Waals surface area contributed by atoms with E-state index in [-0.39, 0.29) is 11.7 Å². The number of amides is 1. The van der Waals surface area contributed by atoms with Crippen LogP contribution in [0.5, 0.6) is 5.75 Å². The number of rotatable bonds is 7. The molecule has 1 aliphatic heterocycles. The first-order valence-corrected chi connectivity index (χ1v) is 12.2. The fraction of sp³-hybridized carbons (Fsp3) is 0.333. The van der Waals surface area contributed by atoms with Gasteiger partial charge in [-0.15, -0.1) is 0 Å². The van der Waals surface area contributed by atoms with E-state index in [4.69, 9.17) is 9.47 Å². The monoisotopic (exact) mass is 502 g/mol. The topological polar surface area (TPSA) is 103 Å². The SMILES string of the molecule is COc1ccc(C(NC(=O)c2ccc3cnc(NC4CC5CC4CO5)nc3c2)c2cnn(C)c2)cc1F. The summed E-state index contributed by atoms with van der Waals surface area (Å²) in [6.45, 7) is 0.774. The Balaban J connectivity index is 1.26. The summed E-state index contributed by atoms with van der Waals surface area (Å²) in [5.41, 5.74) is 2.40. The van der Waals surface area contributed by atoms with Crippen LogP contribution >= 0.6 is 0 Å². The summed E-state index contributed by atoms with van der Waals surface area (Å²) in [5.74, 6) is 0.340. The largest absolute Gasteiger partial charge is 0.494 e. The Bertz CT molecular complexity index is 1470. The second-order valence-electron chi connectivity index (χ2n) is 9.65. The molecule has 3 heterocycles. The third-order valence-corrected chi connectivity index (χ3v) is 7.20. The predicted octanol–water partition coefficient (Wildman–Crippen LogP) is 3.62. The highest BCUT2D eigenvalue weighted by molar-refractivity contribution is 5.98. The van der Waals surface area contributed by atoms with Crippen LogP contribution < -0.4 is 15.4 Å². The molecule has 2 aliphatic rings. The molecule has 1 saturated carbocycles. The van der Waals surface area contributed by atoms with Gasteiger partial charge in [-0.2, -0.15) is 5.10 Å². The number of nitrogens with one attached hydrogen (secondary N) is 2. The minimum absolute atomic E-state index is 0.136. The van der Waals surface area contributed by atoms with E-state index in [1.807, 2.05) is 6.07 Å². The molecule has 1 aliphatic carbocycles. The van der Waals surface area contributed by atoms with Gasteiger partial charge in [0.1, 0.15) is 0 Å². The number of aryl methyl sites for hydroxylation is 1. The number of benzene rings is 2. The van der Waals surface area contributed by atoms with Crippen molar-refractivity contribution in [3.05, 3.63) is 77.5 Å². The Morgan fingerprint density at radius 3 is 2.78 bits per heavy atom. The maximum absolute atomic E-state index is 14.5. The molecule has 190 valence electrons. The fourth-order valence-corrected chi connectivity index (χ4v) is 5.26. The van der Waals surface area contributed by atoms with Crippen LogP contribution in [0, 0.1) is 11.7 Å². The number of aromatic nitrogens is 4. The summed E-state index contributed by atoms with van der Waals surface area (Å²) in [5, 5.41) is 11.5. The lowest BCUT2D eigenvalue weighted by molar-refractivity contribution is 0.0723. The third-order valence-electron chi connectivity index (χ3n) is 7.20. The van der Waals surface area contributed by atoms with Gasteiger partial charge in [0.25, 0.3) is 5.91 Å². The summed E-state index contributed by atoms with van der Waals surface area (Å²) in [7, 11) is 3.20. The molecule has 1 saturated heterocycles. The normalized spacial score (nSPS) is 21.2. The van der Waals surface area contributed by atoms with Gasteiger partial charge in [-0.3, -0.25) is 9.48 Å². The number of methoxy groups -OCH3 is 1. The van der Waals surface area contributed by atoms with E-state index >= 15 is 0 Å². The van der Waals surface area contributed by atoms with Gasteiger partial charge in [-0.1, -0.05) is 12.1 Å². The van der Waals surface area contributed by atoms with E-state index in [0.717, 1.165) is 30.4 Å². The molecule has 2 bridgehead atoms. The Labute approximate surface area is 213 Å². The van der Waals surface area contributed by atoms with Crippen LogP contribution in [0.1, 0.15) is 40.4 Å². The molecule has 0 spiro atoms. The predicted molar refractivity (Wildman–Crippen MR) is 135 cm³/mol. The number of anilines is 1. The van der Waals surface area contributed by atoms with E-state index in [1.54, 1.807) is 54.6 Å². The highest BCUT2D eigenvalue weighted by Gasteiger charge is 2.41. The second-order valence-corrected chi connectivity index (χ2v) is 9.65. The van der Waals surface area contributed by atoms with Crippen LogP contribution in [0.2, 0.25) is 0 Å². The van der Waals surface area contributed by atoms with Crippen LogP contribution in [0.25, 0.3) is 10.9 Å². The number of fused-ring (bicyclic) bond motifs is 3. The second kappa shape index (κ2) is 9.44. The lowest BCUT2D eigenvalue weighted by Gasteiger charge is -2.23. The molecule has 2 aromatic heterocycles. The van der Waals surface area contributed by atoms with Gasteiger partial charge in [0, 0.05) is 47.9 Å². The molecular weight excluding hydrogens is 475 g/mol. The van der Waals surface area contributed by atoms with E-state index < -0.39 is 11.9 Å². The van der Waals surface area contributed by atoms with Crippen LogP contribution in [-0.4, -0.2) is 51.5 Å². The minimum atomic E-state index is -0.611. The van der Waals surface area contributed by atoms with Crippen molar-refractivity contribution in [2.24, 2.45) is 13.0 Å². The average Bonchev–Trinajstić information content (AvgIpc) is 3.64. The van der Waals surface area contributed by atoms with E-state index in [0.29, 0.717) is 40.7 Å². The number of carbonyl (C=O) groups excluding carboxylic acids is 1. The molecule has 2 aromatic carbocycles. The lowest BCUT2D eigenvalue weighted by atomic mass is 10.0. The summed E-state index contributed by atoms with van der Waals surface area (Å²) < 4.78 is 26.9. The van der Waals surface area contributed by atoms with Crippen molar-refractivity contribution in [2.45, 2.75) is 31.0 Å². The van der Waals surface area contributed by atoms with Gasteiger partial charge in [0.2, 0.25) is 5.95 Å². The number of halogens is 1. The smallest absolute Gasteiger partial charge is 0.252 e. The number of carbonyl (C=O) groups is 1. The summed E-state index contributed by atoms with van der Waals surface area (Å²) in [6.07, 6.45) is 7.56. The van der Waals surface area contributed by atoms with Crippen molar-refractivity contribution in [3.8, 4) is 5.75 Å².